The maximum Gasteiger partial charge on any atom is 0.0273 e. The number of rotatable bonds is 0. The van der Waals surface area contributed by atoms with Gasteiger partial charge in [0.15, 0.2) is 0 Å². The molecular formula is C15H19N. The lowest BCUT2D eigenvalue weighted by Crippen LogP contribution is -1.96. The summed E-state index contributed by atoms with van der Waals surface area (Å²) in [5.41, 5.74) is 8.17. The van der Waals surface area contributed by atoms with Gasteiger partial charge in [0.1, 0.15) is 0 Å². The SMILES string of the molecule is NC1=CC/C=C2/C=CC=CC(CCC=C1)C2. The van der Waals surface area contributed by atoms with Crippen LogP contribution in [0.2, 0.25) is 0 Å². The Hall–Kier alpha value is -1.50. The summed E-state index contributed by atoms with van der Waals surface area (Å²) in [6.45, 7) is 0. The summed E-state index contributed by atoms with van der Waals surface area (Å²) >= 11 is 0. The zero-order valence-corrected chi connectivity index (χ0v) is 9.60. The summed E-state index contributed by atoms with van der Waals surface area (Å²) in [7, 11) is 0. The number of hydrogen-bond donors (Lipinski definition) is 1. The monoisotopic (exact) mass is 213 g/mol. The molecule has 0 saturated carbocycles. The lowest BCUT2D eigenvalue weighted by molar-refractivity contribution is 0.598. The number of fused-ring (bicyclic) bond motifs is 2. The van der Waals surface area contributed by atoms with Crippen molar-refractivity contribution in [2.45, 2.75) is 25.7 Å². The minimum atomic E-state index is 0.672. The van der Waals surface area contributed by atoms with E-state index in [0.29, 0.717) is 5.92 Å². The van der Waals surface area contributed by atoms with Gasteiger partial charge in [-0.2, -0.15) is 0 Å². The van der Waals surface area contributed by atoms with E-state index in [4.69, 9.17) is 5.73 Å². The van der Waals surface area contributed by atoms with Crippen LogP contribution in [0.3, 0.4) is 0 Å². The minimum absolute atomic E-state index is 0.672. The fourth-order valence-corrected chi connectivity index (χ4v) is 2.13. The molecule has 1 unspecified atom stereocenters. The van der Waals surface area contributed by atoms with Crippen LogP contribution < -0.4 is 5.73 Å². The van der Waals surface area contributed by atoms with Gasteiger partial charge in [0.25, 0.3) is 0 Å². The molecule has 1 heteroatoms. The molecule has 0 aromatic carbocycles. The highest BCUT2D eigenvalue weighted by Crippen LogP contribution is 2.23. The van der Waals surface area contributed by atoms with Gasteiger partial charge in [-0.3, -0.25) is 0 Å². The molecule has 0 radical (unpaired) electrons. The van der Waals surface area contributed by atoms with Crippen molar-refractivity contribution in [2.24, 2.45) is 11.7 Å². The smallest absolute Gasteiger partial charge is 0.0273 e. The second kappa shape index (κ2) is 5.55. The van der Waals surface area contributed by atoms with Gasteiger partial charge in [0, 0.05) is 5.70 Å². The quantitative estimate of drug-likeness (QED) is 0.653. The second-order valence-corrected chi connectivity index (χ2v) is 4.41. The van der Waals surface area contributed by atoms with E-state index in [0.717, 1.165) is 25.0 Å². The first kappa shape index (κ1) is 11.0. The molecule has 2 rings (SSSR count). The Bertz CT molecular complexity index is 380. The molecular weight excluding hydrogens is 194 g/mol. The molecule has 1 nitrogen and oxygen atoms in total. The Kier molecular flexibility index (Phi) is 3.81. The summed E-state index contributed by atoms with van der Waals surface area (Å²) in [5.74, 6) is 0.672. The van der Waals surface area contributed by atoms with E-state index < -0.39 is 0 Å². The number of hydrogen-bond acceptors (Lipinski definition) is 1. The Morgan fingerprint density at radius 2 is 2.06 bits per heavy atom. The lowest BCUT2D eigenvalue weighted by atomic mass is 9.95. The molecule has 2 bridgehead atoms. The molecule has 0 fully saturated rings. The van der Waals surface area contributed by atoms with Crippen LogP contribution in [0.5, 0.6) is 0 Å². The second-order valence-electron chi connectivity index (χ2n) is 4.41. The predicted molar refractivity (Wildman–Crippen MR) is 69.7 cm³/mol. The van der Waals surface area contributed by atoms with E-state index in [1.54, 1.807) is 0 Å². The fraction of sp³-hybridized carbons (Fsp3) is 0.333. The maximum atomic E-state index is 5.86. The van der Waals surface area contributed by atoms with Gasteiger partial charge >= 0.3 is 0 Å². The molecule has 84 valence electrons. The number of allylic oxidation sites excluding steroid dienone is 9. The highest BCUT2D eigenvalue weighted by molar-refractivity contribution is 5.28. The van der Waals surface area contributed by atoms with Crippen molar-refractivity contribution in [3.05, 3.63) is 59.9 Å². The van der Waals surface area contributed by atoms with E-state index in [-0.39, 0.29) is 0 Å². The first-order chi connectivity index (χ1) is 7.84. The van der Waals surface area contributed by atoms with Crippen LogP contribution in [-0.2, 0) is 0 Å². The van der Waals surface area contributed by atoms with Crippen LogP contribution in [-0.4, -0.2) is 0 Å². The summed E-state index contributed by atoms with van der Waals surface area (Å²) in [5, 5.41) is 0. The first-order valence-electron chi connectivity index (χ1n) is 6.00. The van der Waals surface area contributed by atoms with Gasteiger partial charge in [-0.05, 0) is 37.7 Å². The average Bonchev–Trinajstić information content (AvgIpc) is 2.51. The van der Waals surface area contributed by atoms with E-state index >= 15 is 0 Å². The Labute approximate surface area is 97.7 Å². The van der Waals surface area contributed by atoms with Crippen molar-refractivity contribution < 1.29 is 0 Å². The Morgan fingerprint density at radius 3 is 3.00 bits per heavy atom. The largest absolute Gasteiger partial charge is 0.399 e. The molecule has 2 aliphatic rings. The van der Waals surface area contributed by atoms with Crippen molar-refractivity contribution in [1.29, 1.82) is 0 Å². The molecule has 0 spiro atoms. The third-order valence-electron chi connectivity index (χ3n) is 3.05. The Balaban J connectivity index is 2.18. The van der Waals surface area contributed by atoms with E-state index in [1.807, 2.05) is 6.08 Å². The van der Waals surface area contributed by atoms with Crippen molar-refractivity contribution in [3.63, 3.8) is 0 Å². The summed E-state index contributed by atoms with van der Waals surface area (Å²) in [6, 6.07) is 0. The normalized spacial score (nSPS) is 28.6. The fourth-order valence-electron chi connectivity index (χ4n) is 2.13. The molecule has 0 aromatic rings. The van der Waals surface area contributed by atoms with Gasteiger partial charge in [-0.15, -0.1) is 0 Å². The zero-order valence-electron chi connectivity index (χ0n) is 9.60. The van der Waals surface area contributed by atoms with Crippen LogP contribution in [0.25, 0.3) is 0 Å². The average molecular weight is 213 g/mol. The molecule has 2 aliphatic carbocycles. The Morgan fingerprint density at radius 1 is 1.12 bits per heavy atom. The molecule has 0 amide bonds. The highest BCUT2D eigenvalue weighted by Gasteiger charge is 2.08. The van der Waals surface area contributed by atoms with Crippen LogP contribution in [0.4, 0.5) is 0 Å². The minimum Gasteiger partial charge on any atom is -0.399 e. The van der Waals surface area contributed by atoms with Crippen LogP contribution >= 0.6 is 0 Å². The third-order valence-corrected chi connectivity index (χ3v) is 3.05. The topological polar surface area (TPSA) is 26.0 Å². The third kappa shape index (κ3) is 3.27. The predicted octanol–water partition coefficient (Wildman–Crippen LogP) is 3.63. The molecule has 0 aromatic heterocycles. The van der Waals surface area contributed by atoms with Gasteiger partial charge in [0.2, 0.25) is 0 Å². The molecule has 0 aliphatic heterocycles. The van der Waals surface area contributed by atoms with Crippen molar-refractivity contribution in [3.8, 4) is 0 Å². The molecule has 0 saturated heterocycles. The van der Waals surface area contributed by atoms with E-state index in [9.17, 15) is 0 Å². The summed E-state index contributed by atoms with van der Waals surface area (Å²) in [4.78, 5) is 0. The van der Waals surface area contributed by atoms with Crippen molar-refractivity contribution in [1.82, 2.24) is 0 Å². The molecule has 16 heavy (non-hydrogen) atoms. The van der Waals surface area contributed by atoms with E-state index in [2.05, 4.69) is 42.5 Å². The van der Waals surface area contributed by atoms with Crippen LogP contribution in [0.15, 0.2) is 59.9 Å². The van der Waals surface area contributed by atoms with Crippen molar-refractivity contribution >= 4 is 0 Å². The summed E-state index contributed by atoms with van der Waals surface area (Å²) < 4.78 is 0. The van der Waals surface area contributed by atoms with Gasteiger partial charge < -0.3 is 5.73 Å². The van der Waals surface area contributed by atoms with Crippen LogP contribution in [0.1, 0.15) is 25.7 Å². The zero-order chi connectivity index (χ0) is 11.2. The van der Waals surface area contributed by atoms with E-state index in [1.165, 1.54) is 12.0 Å². The molecule has 1 atom stereocenters. The number of nitrogens with two attached hydrogens (primary N) is 1. The van der Waals surface area contributed by atoms with Gasteiger partial charge in [-0.25, -0.2) is 0 Å². The lowest BCUT2D eigenvalue weighted by Gasteiger charge is -2.10. The first-order valence-corrected chi connectivity index (χ1v) is 6.00. The van der Waals surface area contributed by atoms with Gasteiger partial charge in [0.05, 0.1) is 0 Å². The summed E-state index contributed by atoms with van der Waals surface area (Å²) in [6.07, 6.45) is 21.8. The van der Waals surface area contributed by atoms with Crippen molar-refractivity contribution in [2.75, 3.05) is 0 Å². The molecule has 2 N–H and O–H groups in total. The maximum absolute atomic E-state index is 5.86. The molecule has 0 heterocycles. The van der Waals surface area contributed by atoms with Gasteiger partial charge in [-0.1, -0.05) is 48.1 Å². The standard InChI is InChI=1S/C15H19N/c16-15-10-4-3-8-13-6-1-2-7-14(12-13)9-5-11-15/h1-2,4,6-7,9-11,13H,3,5,8,12,16H2/b10-4?,14-9-,15-11?. The highest BCUT2D eigenvalue weighted by atomic mass is 14.5. The van der Waals surface area contributed by atoms with Crippen LogP contribution in [0, 0.1) is 5.92 Å².